The highest BCUT2D eigenvalue weighted by Crippen LogP contribution is 2.33. The van der Waals surface area contributed by atoms with E-state index in [0.717, 1.165) is 49.0 Å². The zero-order valence-corrected chi connectivity index (χ0v) is 15.1. The molecular weight excluding hydrogens is 330 g/mol. The molecule has 0 radical (unpaired) electrons. The molecule has 1 atom stereocenters. The summed E-state index contributed by atoms with van der Waals surface area (Å²) >= 11 is 0. The number of fused-ring (bicyclic) bond motifs is 1. The Hall–Kier alpha value is -2.63. The van der Waals surface area contributed by atoms with Crippen LogP contribution in [0.25, 0.3) is 5.69 Å². The minimum Gasteiger partial charge on any atom is -0.480 e. The monoisotopic (exact) mass is 353 g/mol. The Morgan fingerprint density at radius 3 is 2.54 bits per heavy atom. The van der Waals surface area contributed by atoms with Gasteiger partial charge in [-0.25, -0.2) is 9.48 Å². The number of carboxylic acids is 1. The molecule has 1 aromatic heterocycles. The molecule has 6 nitrogen and oxygen atoms in total. The van der Waals surface area contributed by atoms with Crippen LogP contribution in [-0.2, 0) is 17.6 Å². The smallest absolute Gasteiger partial charge is 0.326 e. The van der Waals surface area contributed by atoms with Crippen molar-refractivity contribution in [2.24, 2.45) is 0 Å². The van der Waals surface area contributed by atoms with E-state index in [1.807, 2.05) is 35.9 Å². The van der Waals surface area contributed by atoms with Crippen LogP contribution in [0.3, 0.4) is 0 Å². The van der Waals surface area contributed by atoms with Crippen molar-refractivity contribution in [3.63, 3.8) is 0 Å². The Morgan fingerprint density at radius 2 is 1.92 bits per heavy atom. The molecule has 2 aliphatic rings. The normalized spacial score (nSPS) is 17.0. The summed E-state index contributed by atoms with van der Waals surface area (Å²) in [5, 5.41) is 14.0. The van der Waals surface area contributed by atoms with Crippen LogP contribution in [0.15, 0.2) is 24.3 Å². The molecule has 1 unspecified atom stereocenters. The fraction of sp³-hybridized carbons (Fsp3) is 0.450. The average Bonchev–Trinajstić information content (AvgIpc) is 3.20. The van der Waals surface area contributed by atoms with E-state index in [2.05, 4.69) is 5.10 Å². The Bertz CT molecular complexity index is 865. The number of rotatable bonds is 5. The Balaban J connectivity index is 1.75. The van der Waals surface area contributed by atoms with Crippen molar-refractivity contribution in [2.75, 3.05) is 0 Å². The zero-order valence-electron chi connectivity index (χ0n) is 15.1. The number of carboxylic acid groups (broad SMARTS) is 1. The first kappa shape index (κ1) is 16.8. The topological polar surface area (TPSA) is 75.4 Å². The quantitative estimate of drug-likeness (QED) is 0.897. The van der Waals surface area contributed by atoms with Crippen LogP contribution < -0.4 is 0 Å². The van der Waals surface area contributed by atoms with Crippen LogP contribution in [0, 0.1) is 6.92 Å². The summed E-state index contributed by atoms with van der Waals surface area (Å²) in [6, 6.07) is 7.26. The predicted octanol–water partition coefficient (Wildman–Crippen LogP) is 2.75. The molecule has 136 valence electrons. The van der Waals surface area contributed by atoms with Gasteiger partial charge in [0.2, 0.25) is 0 Å². The van der Waals surface area contributed by atoms with Crippen molar-refractivity contribution >= 4 is 11.9 Å². The van der Waals surface area contributed by atoms with Crippen LogP contribution in [0.1, 0.15) is 53.5 Å². The molecule has 4 rings (SSSR count). The largest absolute Gasteiger partial charge is 0.480 e. The Kier molecular flexibility index (Phi) is 4.05. The number of hydrogen-bond acceptors (Lipinski definition) is 3. The lowest BCUT2D eigenvalue weighted by atomic mass is 10.1. The molecule has 1 saturated carbocycles. The molecule has 1 heterocycles. The first-order chi connectivity index (χ1) is 12.5. The van der Waals surface area contributed by atoms with Gasteiger partial charge in [0.15, 0.2) is 5.69 Å². The van der Waals surface area contributed by atoms with Crippen molar-refractivity contribution in [1.29, 1.82) is 0 Å². The van der Waals surface area contributed by atoms with Gasteiger partial charge in [-0.1, -0.05) is 17.7 Å². The van der Waals surface area contributed by atoms with Gasteiger partial charge in [0.05, 0.1) is 5.69 Å². The first-order valence-electron chi connectivity index (χ1n) is 9.20. The lowest BCUT2D eigenvalue weighted by Crippen LogP contribution is -2.45. The summed E-state index contributed by atoms with van der Waals surface area (Å²) in [4.78, 5) is 26.2. The molecule has 6 heteroatoms. The van der Waals surface area contributed by atoms with E-state index in [0.29, 0.717) is 5.69 Å². The molecule has 0 aliphatic heterocycles. The highest BCUT2D eigenvalue weighted by molar-refractivity contribution is 5.97. The molecule has 26 heavy (non-hydrogen) atoms. The third-order valence-electron chi connectivity index (χ3n) is 5.36. The summed E-state index contributed by atoms with van der Waals surface area (Å²) in [6.07, 6.45) is 4.44. The lowest BCUT2D eigenvalue weighted by molar-refractivity contribution is -0.141. The second kappa shape index (κ2) is 6.27. The lowest BCUT2D eigenvalue weighted by Gasteiger charge is -2.26. The summed E-state index contributed by atoms with van der Waals surface area (Å²) in [7, 11) is 0. The van der Waals surface area contributed by atoms with Crippen LogP contribution in [0.4, 0.5) is 0 Å². The van der Waals surface area contributed by atoms with E-state index < -0.39 is 12.0 Å². The molecule has 1 N–H and O–H groups in total. The minimum atomic E-state index is -0.972. The highest BCUT2D eigenvalue weighted by Gasteiger charge is 2.41. The number of carbonyl (C=O) groups is 2. The second-order valence-electron chi connectivity index (χ2n) is 7.33. The molecular formula is C20H23N3O3. The van der Waals surface area contributed by atoms with Gasteiger partial charge in [-0.3, -0.25) is 4.79 Å². The fourth-order valence-corrected chi connectivity index (χ4v) is 3.76. The van der Waals surface area contributed by atoms with Gasteiger partial charge in [-0.05, 0) is 58.1 Å². The molecule has 0 bridgehead atoms. The van der Waals surface area contributed by atoms with E-state index in [1.165, 1.54) is 10.5 Å². The predicted molar refractivity (Wildman–Crippen MR) is 96.6 cm³/mol. The third kappa shape index (κ3) is 2.79. The maximum absolute atomic E-state index is 13.2. The minimum absolute atomic E-state index is 0.0233. The van der Waals surface area contributed by atoms with E-state index >= 15 is 0 Å². The second-order valence-corrected chi connectivity index (χ2v) is 7.33. The van der Waals surface area contributed by atoms with Crippen molar-refractivity contribution in [3.05, 3.63) is 46.8 Å². The number of carbonyl (C=O) groups excluding carboxylic acids is 1. The van der Waals surface area contributed by atoms with Gasteiger partial charge >= 0.3 is 5.97 Å². The number of benzene rings is 1. The van der Waals surface area contributed by atoms with Crippen molar-refractivity contribution in [3.8, 4) is 5.69 Å². The Labute approximate surface area is 152 Å². The number of aromatic nitrogens is 2. The molecule has 2 aliphatic carbocycles. The number of amides is 1. The number of aliphatic carboxylic acids is 1. The summed E-state index contributed by atoms with van der Waals surface area (Å²) < 4.78 is 1.87. The molecule has 1 amide bonds. The fourth-order valence-electron chi connectivity index (χ4n) is 3.76. The van der Waals surface area contributed by atoms with Crippen molar-refractivity contribution in [1.82, 2.24) is 14.7 Å². The van der Waals surface area contributed by atoms with Crippen LogP contribution >= 0.6 is 0 Å². The van der Waals surface area contributed by atoms with Crippen LogP contribution in [0.5, 0.6) is 0 Å². The van der Waals surface area contributed by atoms with Crippen LogP contribution in [-0.4, -0.2) is 43.7 Å². The molecule has 0 saturated heterocycles. The van der Waals surface area contributed by atoms with Gasteiger partial charge in [0.1, 0.15) is 6.04 Å². The Morgan fingerprint density at radius 1 is 1.23 bits per heavy atom. The SMILES string of the molecule is Cc1ccc(-n2nc(C(=O)N(C3CC3)C(C)C(=O)O)c3c2CCC3)cc1. The van der Waals surface area contributed by atoms with E-state index in [9.17, 15) is 14.7 Å². The van der Waals surface area contributed by atoms with E-state index in [1.54, 1.807) is 6.92 Å². The van der Waals surface area contributed by atoms with Gasteiger partial charge in [-0.15, -0.1) is 0 Å². The molecule has 1 fully saturated rings. The van der Waals surface area contributed by atoms with Crippen molar-refractivity contribution in [2.45, 2.75) is 58.0 Å². The highest BCUT2D eigenvalue weighted by atomic mass is 16.4. The molecule has 1 aromatic carbocycles. The van der Waals surface area contributed by atoms with Crippen molar-refractivity contribution < 1.29 is 14.7 Å². The third-order valence-corrected chi connectivity index (χ3v) is 5.36. The van der Waals surface area contributed by atoms with E-state index in [4.69, 9.17) is 0 Å². The maximum atomic E-state index is 13.2. The number of hydrogen-bond donors (Lipinski definition) is 1. The molecule has 0 spiro atoms. The van der Waals surface area contributed by atoms with Gasteiger partial charge in [0, 0.05) is 17.3 Å². The molecule has 2 aromatic rings. The number of aryl methyl sites for hydroxylation is 1. The van der Waals surface area contributed by atoms with E-state index in [-0.39, 0.29) is 11.9 Å². The van der Waals surface area contributed by atoms with Gasteiger partial charge < -0.3 is 10.0 Å². The summed E-state index contributed by atoms with van der Waals surface area (Å²) in [5.74, 6) is -1.22. The number of nitrogens with zero attached hydrogens (tertiary/aromatic N) is 3. The zero-order chi connectivity index (χ0) is 18.4. The first-order valence-corrected chi connectivity index (χ1v) is 9.20. The standard InChI is InChI=1S/C20H23N3O3/c1-12-6-8-15(9-7-12)23-17-5-3-4-16(17)18(21-23)19(24)22(14-10-11-14)13(2)20(25)26/h6-9,13-14H,3-5,10-11H2,1-2H3,(H,25,26). The summed E-state index contributed by atoms with van der Waals surface area (Å²) in [5.41, 5.74) is 4.61. The maximum Gasteiger partial charge on any atom is 0.326 e. The van der Waals surface area contributed by atoms with Gasteiger partial charge in [-0.2, -0.15) is 5.10 Å². The van der Waals surface area contributed by atoms with Gasteiger partial charge in [0.25, 0.3) is 5.91 Å². The summed E-state index contributed by atoms with van der Waals surface area (Å²) in [6.45, 7) is 3.61. The average molecular weight is 353 g/mol. The van der Waals surface area contributed by atoms with Crippen LogP contribution in [0.2, 0.25) is 0 Å².